The van der Waals surface area contributed by atoms with Gasteiger partial charge < -0.3 is 10.2 Å². The Balaban J connectivity index is 1.36. The molecule has 0 spiro atoms. The van der Waals surface area contributed by atoms with Crippen molar-refractivity contribution >= 4 is 28.1 Å². The summed E-state index contributed by atoms with van der Waals surface area (Å²) >= 11 is 1.45. The van der Waals surface area contributed by atoms with Gasteiger partial charge in [0, 0.05) is 63.3 Å². The van der Waals surface area contributed by atoms with Crippen molar-refractivity contribution in [1.29, 1.82) is 0 Å². The van der Waals surface area contributed by atoms with Gasteiger partial charge in [0.15, 0.2) is 4.96 Å². The smallest absolute Gasteiger partial charge is 0.258 e. The maximum absolute atomic E-state index is 12.9. The van der Waals surface area contributed by atoms with Gasteiger partial charge in [0.05, 0.1) is 11.1 Å². The summed E-state index contributed by atoms with van der Waals surface area (Å²) in [4.78, 5) is 45.8. The maximum atomic E-state index is 12.9. The largest absolute Gasteiger partial charge is 0.355 e. The fraction of sp³-hybridized carbons (Fsp3) is 0.556. The Bertz CT molecular complexity index is 918. The number of rotatable bonds is 3. The molecule has 8 nitrogen and oxygen atoms in total. The van der Waals surface area contributed by atoms with Gasteiger partial charge in [-0.3, -0.25) is 23.7 Å². The summed E-state index contributed by atoms with van der Waals surface area (Å²) in [5.74, 6) is 0.148. The normalized spacial score (nSPS) is 24.2. The van der Waals surface area contributed by atoms with Crippen LogP contribution < -0.4 is 10.9 Å². The van der Waals surface area contributed by atoms with Crippen LogP contribution >= 0.6 is 11.3 Å². The molecule has 144 valence electrons. The molecule has 27 heavy (non-hydrogen) atoms. The van der Waals surface area contributed by atoms with Crippen LogP contribution in [0.2, 0.25) is 0 Å². The summed E-state index contributed by atoms with van der Waals surface area (Å²) in [7, 11) is 0. The van der Waals surface area contributed by atoms with Gasteiger partial charge in [0.1, 0.15) is 0 Å². The van der Waals surface area contributed by atoms with Crippen molar-refractivity contribution < 1.29 is 9.59 Å². The monoisotopic (exact) mass is 389 g/mol. The van der Waals surface area contributed by atoms with Gasteiger partial charge in [-0.25, -0.2) is 4.98 Å². The van der Waals surface area contributed by atoms with Crippen LogP contribution in [0.15, 0.2) is 22.4 Å². The number of nitrogens with zero attached hydrogens (tertiary/aromatic N) is 4. The highest BCUT2D eigenvalue weighted by molar-refractivity contribution is 7.15. The second-order valence-corrected chi connectivity index (χ2v) is 8.42. The zero-order valence-corrected chi connectivity index (χ0v) is 16.1. The Labute approximate surface area is 160 Å². The number of piperazine rings is 1. The van der Waals surface area contributed by atoms with Gasteiger partial charge in [-0.05, 0) is 13.3 Å². The Hall–Kier alpha value is -2.26. The molecule has 1 unspecified atom stereocenters. The van der Waals surface area contributed by atoms with Gasteiger partial charge in [0.25, 0.3) is 5.56 Å². The Morgan fingerprint density at radius 2 is 2.07 bits per heavy atom. The molecule has 2 aliphatic heterocycles. The molecule has 1 N–H and O–H groups in total. The van der Waals surface area contributed by atoms with Crippen LogP contribution in [0.5, 0.6) is 0 Å². The van der Waals surface area contributed by atoms with Crippen LogP contribution in [0.3, 0.4) is 0 Å². The fourth-order valence-electron chi connectivity index (χ4n) is 3.73. The molecule has 2 fully saturated rings. The van der Waals surface area contributed by atoms with Crippen molar-refractivity contribution in [2.75, 3.05) is 32.7 Å². The number of hydrogen-bond acceptors (Lipinski definition) is 6. The minimum absolute atomic E-state index is 0.0243. The maximum Gasteiger partial charge on any atom is 0.258 e. The molecule has 2 aromatic heterocycles. The van der Waals surface area contributed by atoms with Crippen LogP contribution in [-0.4, -0.2) is 63.7 Å². The molecule has 0 aliphatic carbocycles. The molecule has 2 aliphatic rings. The molecule has 4 heterocycles. The van der Waals surface area contributed by atoms with Crippen molar-refractivity contribution in [3.63, 3.8) is 0 Å². The highest BCUT2D eigenvalue weighted by Crippen LogP contribution is 2.29. The van der Waals surface area contributed by atoms with Crippen molar-refractivity contribution in [2.45, 2.75) is 26.3 Å². The van der Waals surface area contributed by atoms with E-state index in [0.29, 0.717) is 44.0 Å². The van der Waals surface area contributed by atoms with E-state index in [9.17, 15) is 14.4 Å². The third kappa shape index (κ3) is 3.61. The van der Waals surface area contributed by atoms with E-state index in [-0.39, 0.29) is 17.4 Å². The van der Waals surface area contributed by atoms with E-state index >= 15 is 0 Å². The molecule has 2 amide bonds. The topological polar surface area (TPSA) is 87.0 Å². The van der Waals surface area contributed by atoms with Gasteiger partial charge in [-0.15, -0.1) is 11.3 Å². The van der Waals surface area contributed by atoms with Gasteiger partial charge in [0.2, 0.25) is 11.8 Å². The summed E-state index contributed by atoms with van der Waals surface area (Å²) in [6.07, 6.45) is 2.75. The first-order valence-electron chi connectivity index (χ1n) is 9.19. The summed E-state index contributed by atoms with van der Waals surface area (Å²) < 4.78 is 1.55. The highest BCUT2D eigenvalue weighted by Gasteiger charge is 2.40. The van der Waals surface area contributed by atoms with Gasteiger partial charge in [-0.1, -0.05) is 0 Å². The fourth-order valence-corrected chi connectivity index (χ4v) is 4.47. The number of carbonyl (C=O) groups is 2. The standard InChI is InChI=1S/C18H23N5O3S/c1-18(3-2-14(24)19-12-18)16(26)22-6-4-21(5-7-22)11-13-10-15(25)23-8-9-27-17(23)20-13/h8-10H,2-7,11-12H2,1H3,(H,19,24). The van der Waals surface area contributed by atoms with Crippen LogP contribution in [0.25, 0.3) is 4.96 Å². The Morgan fingerprint density at radius 1 is 1.30 bits per heavy atom. The third-order valence-corrected chi connectivity index (χ3v) is 6.25. The molecular formula is C18H23N5O3S. The van der Waals surface area contributed by atoms with E-state index in [1.54, 1.807) is 16.7 Å². The summed E-state index contributed by atoms with van der Waals surface area (Å²) in [5.41, 5.74) is 0.206. The van der Waals surface area contributed by atoms with E-state index in [1.807, 2.05) is 17.2 Å². The molecule has 2 saturated heterocycles. The lowest BCUT2D eigenvalue weighted by Gasteiger charge is -2.41. The lowest BCUT2D eigenvalue weighted by atomic mass is 9.81. The van der Waals surface area contributed by atoms with E-state index in [4.69, 9.17) is 0 Å². The second kappa shape index (κ2) is 7.05. The second-order valence-electron chi connectivity index (χ2n) is 7.55. The average molecular weight is 389 g/mol. The van der Waals surface area contributed by atoms with Crippen LogP contribution in [0.4, 0.5) is 0 Å². The quantitative estimate of drug-likeness (QED) is 0.817. The number of hydrogen-bond donors (Lipinski definition) is 1. The first-order chi connectivity index (χ1) is 12.9. The molecule has 4 rings (SSSR count). The third-order valence-electron chi connectivity index (χ3n) is 5.50. The minimum Gasteiger partial charge on any atom is -0.355 e. The number of amides is 2. The Kier molecular flexibility index (Phi) is 4.73. The molecule has 1 atom stereocenters. The summed E-state index contributed by atoms with van der Waals surface area (Å²) in [5, 5.41) is 4.67. The van der Waals surface area contributed by atoms with E-state index in [2.05, 4.69) is 15.2 Å². The first kappa shape index (κ1) is 18.1. The van der Waals surface area contributed by atoms with E-state index in [1.165, 1.54) is 11.3 Å². The first-order valence-corrected chi connectivity index (χ1v) is 10.1. The van der Waals surface area contributed by atoms with Crippen molar-refractivity contribution in [3.8, 4) is 0 Å². The van der Waals surface area contributed by atoms with Crippen LogP contribution in [0, 0.1) is 5.41 Å². The highest BCUT2D eigenvalue weighted by atomic mass is 32.1. The van der Waals surface area contributed by atoms with Crippen LogP contribution in [0.1, 0.15) is 25.5 Å². The number of carbonyl (C=O) groups excluding carboxylic acids is 2. The molecule has 0 aromatic carbocycles. The SMILES string of the molecule is CC1(C(=O)N2CCN(Cc3cc(=O)n4ccsc4n3)CC2)CCC(=O)NC1. The van der Waals surface area contributed by atoms with E-state index in [0.717, 1.165) is 18.8 Å². The summed E-state index contributed by atoms with van der Waals surface area (Å²) in [6, 6.07) is 1.59. The van der Waals surface area contributed by atoms with Crippen molar-refractivity contribution in [3.05, 3.63) is 33.7 Å². The molecule has 2 aromatic rings. The predicted molar refractivity (Wildman–Crippen MR) is 102 cm³/mol. The number of nitrogens with one attached hydrogen (secondary N) is 1. The number of fused-ring (bicyclic) bond motifs is 1. The van der Waals surface area contributed by atoms with Crippen molar-refractivity contribution in [1.82, 2.24) is 24.5 Å². The van der Waals surface area contributed by atoms with Crippen LogP contribution in [-0.2, 0) is 16.1 Å². The Morgan fingerprint density at radius 3 is 2.78 bits per heavy atom. The minimum atomic E-state index is -0.503. The molecular weight excluding hydrogens is 366 g/mol. The van der Waals surface area contributed by atoms with Gasteiger partial charge >= 0.3 is 0 Å². The molecule has 0 bridgehead atoms. The molecule has 0 saturated carbocycles. The van der Waals surface area contributed by atoms with E-state index < -0.39 is 5.41 Å². The lowest BCUT2D eigenvalue weighted by molar-refractivity contribution is -0.145. The number of piperidine rings is 1. The summed E-state index contributed by atoms with van der Waals surface area (Å²) in [6.45, 7) is 5.78. The number of thiazole rings is 1. The molecule has 9 heteroatoms. The van der Waals surface area contributed by atoms with Crippen molar-refractivity contribution in [2.24, 2.45) is 5.41 Å². The zero-order chi connectivity index (χ0) is 19.0. The van der Waals surface area contributed by atoms with Gasteiger partial charge in [-0.2, -0.15) is 0 Å². The number of aromatic nitrogens is 2. The predicted octanol–water partition coefficient (Wildman–Crippen LogP) is 0.317. The lowest BCUT2D eigenvalue weighted by Crippen LogP contribution is -2.56. The zero-order valence-electron chi connectivity index (χ0n) is 15.3. The average Bonchev–Trinajstić information content (AvgIpc) is 3.14. The molecule has 0 radical (unpaired) electrons.